The molecule has 1 aromatic heterocycles. The number of aromatic nitrogens is 1. The molecule has 1 N–H and O–H groups in total. The first-order valence-electron chi connectivity index (χ1n) is 6.08. The van der Waals surface area contributed by atoms with E-state index in [9.17, 15) is 4.39 Å². The van der Waals surface area contributed by atoms with Crippen LogP contribution in [0.4, 0.5) is 4.39 Å². The van der Waals surface area contributed by atoms with Gasteiger partial charge in [0.2, 0.25) is 5.89 Å². The Morgan fingerprint density at radius 1 is 1.47 bits per heavy atom. The third-order valence-corrected chi connectivity index (χ3v) is 3.86. The van der Waals surface area contributed by atoms with Crippen molar-refractivity contribution in [3.8, 4) is 11.3 Å². The summed E-state index contributed by atoms with van der Waals surface area (Å²) in [5.74, 6) is 2.68. The zero-order valence-corrected chi connectivity index (χ0v) is 11.5. The Bertz CT molecular complexity index is 530. The van der Waals surface area contributed by atoms with Gasteiger partial charge < -0.3 is 9.52 Å². The smallest absolute Gasteiger partial charge is 0.204 e. The number of thioether (sulfide) groups is 1. The summed E-state index contributed by atoms with van der Waals surface area (Å²) in [5.41, 5.74) is 0.687. The van der Waals surface area contributed by atoms with Gasteiger partial charge >= 0.3 is 0 Å². The number of hydrogen-bond acceptors (Lipinski definition) is 4. The molecule has 1 heterocycles. The van der Waals surface area contributed by atoms with Gasteiger partial charge in [0.05, 0.1) is 11.9 Å². The molecule has 0 fully saturated rings. The lowest BCUT2D eigenvalue weighted by Gasteiger charge is -2.04. The lowest BCUT2D eigenvalue weighted by Crippen LogP contribution is -2.03. The van der Waals surface area contributed by atoms with Gasteiger partial charge in [-0.25, -0.2) is 9.37 Å². The minimum atomic E-state index is -0.290. The first-order chi connectivity index (χ1) is 9.19. The number of hydrogen-bond donors (Lipinski definition) is 1. The molecule has 0 aliphatic carbocycles. The van der Waals surface area contributed by atoms with E-state index in [1.807, 2.05) is 6.92 Å². The normalized spacial score (nSPS) is 12.6. The van der Waals surface area contributed by atoms with Crippen molar-refractivity contribution in [2.75, 3.05) is 12.4 Å². The monoisotopic (exact) mass is 281 g/mol. The first kappa shape index (κ1) is 14.1. The SMILES string of the molecule is CC(CO)CSCc1ncc(-c2cccc(F)c2)o1. The predicted molar refractivity (Wildman–Crippen MR) is 74.3 cm³/mol. The highest BCUT2D eigenvalue weighted by atomic mass is 32.2. The average Bonchev–Trinajstić information content (AvgIpc) is 2.87. The maximum absolute atomic E-state index is 13.1. The quantitative estimate of drug-likeness (QED) is 0.882. The molecule has 1 aromatic carbocycles. The highest BCUT2D eigenvalue weighted by Gasteiger charge is 2.08. The molecule has 5 heteroatoms. The highest BCUT2D eigenvalue weighted by molar-refractivity contribution is 7.98. The van der Waals surface area contributed by atoms with Crippen LogP contribution in [0.15, 0.2) is 34.9 Å². The van der Waals surface area contributed by atoms with Crippen molar-refractivity contribution in [2.45, 2.75) is 12.7 Å². The van der Waals surface area contributed by atoms with E-state index in [4.69, 9.17) is 9.52 Å². The van der Waals surface area contributed by atoms with Crippen molar-refractivity contribution in [3.63, 3.8) is 0 Å². The van der Waals surface area contributed by atoms with E-state index < -0.39 is 0 Å². The van der Waals surface area contributed by atoms with Crippen molar-refractivity contribution in [3.05, 3.63) is 42.2 Å². The summed E-state index contributed by atoms with van der Waals surface area (Å²) >= 11 is 1.66. The Morgan fingerprint density at radius 3 is 3.05 bits per heavy atom. The van der Waals surface area contributed by atoms with Gasteiger partial charge in [-0.2, -0.15) is 11.8 Å². The molecule has 1 unspecified atom stereocenters. The summed E-state index contributed by atoms with van der Waals surface area (Å²) in [6.45, 7) is 2.17. The second kappa shape index (κ2) is 6.73. The van der Waals surface area contributed by atoms with Gasteiger partial charge in [0.25, 0.3) is 0 Å². The molecule has 0 spiro atoms. The van der Waals surface area contributed by atoms with Crippen LogP contribution in [0.5, 0.6) is 0 Å². The average molecular weight is 281 g/mol. The molecule has 0 aliphatic rings. The van der Waals surface area contributed by atoms with E-state index in [0.29, 0.717) is 23.0 Å². The van der Waals surface area contributed by atoms with Gasteiger partial charge in [-0.1, -0.05) is 19.1 Å². The lowest BCUT2D eigenvalue weighted by atomic mass is 10.2. The standard InChI is InChI=1S/C14H16FNO2S/c1-10(7-17)8-19-9-14-16-6-13(18-14)11-3-2-4-12(15)5-11/h2-6,10,17H,7-9H2,1H3. The van der Waals surface area contributed by atoms with E-state index in [1.165, 1.54) is 12.1 Å². The number of aliphatic hydroxyl groups is 1. The zero-order valence-electron chi connectivity index (χ0n) is 10.7. The third-order valence-electron chi connectivity index (χ3n) is 2.60. The van der Waals surface area contributed by atoms with E-state index in [-0.39, 0.29) is 18.3 Å². The number of rotatable bonds is 6. The number of halogens is 1. The largest absolute Gasteiger partial charge is 0.440 e. The summed E-state index contributed by atoms with van der Waals surface area (Å²) in [7, 11) is 0. The van der Waals surface area contributed by atoms with Crippen LogP contribution >= 0.6 is 11.8 Å². The fourth-order valence-corrected chi connectivity index (χ4v) is 2.49. The highest BCUT2D eigenvalue weighted by Crippen LogP contribution is 2.23. The van der Waals surface area contributed by atoms with Crippen LogP contribution in [0.25, 0.3) is 11.3 Å². The molecular weight excluding hydrogens is 265 g/mol. The van der Waals surface area contributed by atoms with Crippen LogP contribution in [0.2, 0.25) is 0 Å². The van der Waals surface area contributed by atoms with Crippen molar-refractivity contribution in [1.82, 2.24) is 4.98 Å². The third kappa shape index (κ3) is 4.08. The number of nitrogens with zero attached hydrogens (tertiary/aromatic N) is 1. The minimum Gasteiger partial charge on any atom is -0.440 e. The second-order valence-electron chi connectivity index (χ2n) is 4.43. The van der Waals surface area contributed by atoms with Crippen molar-refractivity contribution in [1.29, 1.82) is 0 Å². The molecule has 19 heavy (non-hydrogen) atoms. The van der Waals surface area contributed by atoms with E-state index in [1.54, 1.807) is 30.1 Å². The lowest BCUT2D eigenvalue weighted by molar-refractivity contribution is 0.250. The molecule has 3 nitrogen and oxygen atoms in total. The number of aliphatic hydroxyl groups excluding tert-OH is 1. The van der Waals surface area contributed by atoms with Gasteiger partial charge in [-0.15, -0.1) is 0 Å². The molecular formula is C14H16FNO2S. The van der Waals surface area contributed by atoms with Crippen molar-refractivity contribution >= 4 is 11.8 Å². The van der Waals surface area contributed by atoms with Gasteiger partial charge in [0.15, 0.2) is 5.76 Å². The second-order valence-corrected chi connectivity index (χ2v) is 5.46. The van der Waals surface area contributed by atoms with Gasteiger partial charge in [0.1, 0.15) is 5.82 Å². The van der Waals surface area contributed by atoms with Crippen LogP contribution in [-0.2, 0) is 5.75 Å². The Kier molecular flexibility index (Phi) is 4.99. The number of benzene rings is 1. The van der Waals surface area contributed by atoms with Crippen molar-refractivity contribution in [2.24, 2.45) is 5.92 Å². The molecule has 0 radical (unpaired) electrons. The molecule has 102 valence electrons. The van der Waals surface area contributed by atoms with Crippen molar-refractivity contribution < 1.29 is 13.9 Å². The summed E-state index contributed by atoms with van der Waals surface area (Å²) in [4.78, 5) is 4.17. The van der Waals surface area contributed by atoms with Crippen LogP contribution in [0, 0.1) is 11.7 Å². The summed E-state index contributed by atoms with van der Waals surface area (Å²) in [5, 5.41) is 8.92. The Morgan fingerprint density at radius 2 is 2.32 bits per heavy atom. The molecule has 0 saturated heterocycles. The molecule has 0 saturated carbocycles. The fourth-order valence-electron chi connectivity index (χ4n) is 1.55. The van der Waals surface area contributed by atoms with Crippen LogP contribution in [0.1, 0.15) is 12.8 Å². The maximum atomic E-state index is 13.1. The van der Waals surface area contributed by atoms with E-state index >= 15 is 0 Å². The van der Waals surface area contributed by atoms with Gasteiger partial charge in [-0.3, -0.25) is 0 Å². The summed E-state index contributed by atoms with van der Waals surface area (Å²) in [6, 6.07) is 6.25. The first-order valence-corrected chi connectivity index (χ1v) is 7.23. The van der Waals surface area contributed by atoms with Crippen LogP contribution in [-0.4, -0.2) is 22.5 Å². The summed E-state index contributed by atoms with van der Waals surface area (Å²) in [6.07, 6.45) is 1.61. The molecule has 2 aromatic rings. The Labute approximate surface area is 115 Å². The van der Waals surface area contributed by atoms with E-state index in [0.717, 1.165) is 5.75 Å². The summed E-state index contributed by atoms with van der Waals surface area (Å²) < 4.78 is 18.7. The zero-order chi connectivity index (χ0) is 13.7. The number of oxazole rings is 1. The predicted octanol–water partition coefficient (Wildman–Crippen LogP) is 3.34. The molecule has 0 aliphatic heterocycles. The molecule has 0 amide bonds. The molecule has 0 bridgehead atoms. The Hall–Kier alpha value is -1.33. The van der Waals surface area contributed by atoms with Gasteiger partial charge in [0, 0.05) is 12.2 Å². The van der Waals surface area contributed by atoms with E-state index in [2.05, 4.69) is 4.98 Å². The van der Waals surface area contributed by atoms with Crippen LogP contribution in [0.3, 0.4) is 0 Å². The minimum absolute atomic E-state index is 0.188. The van der Waals surface area contributed by atoms with Gasteiger partial charge in [-0.05, 0) is 23.8 Å². The molecule has 1 atom stereocenters. The fraction of sp³-hybridized carbons (Fsp3) is 0.357. The van der Waals surface area contributed by atoms with Crippen LogP contribution < -0.4 is 0 Å². The Balaban J connectivity index is 1.95. The maximum Gasteiger partial charge on any atom is 0.204 e. The topological polar surface area (TPSA) is 46.3 Å². The molecule has 2 rings (SSSR count).